The van der Waals surface area contributed by atoms with Crippen LogP contribution in [0.4, 0.5) is 23.0 Å². The Kier molecular flexibility index (Phi) is 17.9. The second-order valence-corrected chi connectivity index (χ2v) is 22.4. The number of carbonyl (C=O) groups is 1. The van der Waals surface area contributed by atoms with Crippen molar-refractivity contribution < 1.29 is 34.0 Å². The molecule has 4 N–H and O–H groups in total. The molecular weight excluding hydrogens is 1040 g/mol. The highest BCUT2D eigenvalue weighted by molar-refractivity contribution is 5.97. The molecule has 2 saturated heterocycles. The van der Waals surface area contributed by atoms with Crippen LogP contribution in [0.1, 0.15) is 55.6 Å². The molecule has 6 aromatic rings. The summed E-state index contributed by atoms with van der Waals surface area (Å²) in [6.07, 6.45) is 6.44. The van der Waals surface area contributed by atoms with E-state index in [0.29, 0.717) is 88.7 Å². The number of aliphatic hydroxyl groups excluding tert-OH is 1. The third-order valence-electron chi connectivity index (χ3n) is 16.8. The van der Waals surface area contributed by atoms with Crippen molar-refractivity contribution in [3.63, 3.8) is 0 Å². The molecule has 1 aliphatic carbocycles. The number of aromatic hydroxyl groups is 1. The van der Waals surface area contributed by atoms with Crippen LogP contribution in [-0.2, 0) is 35.5 Å². The summed E-state index contributed by atoms with van der Waals surface area (Å²) in [6.45, 7) is 23.6. The number of fused-ring (bicyclic) bond motifs is 4. The number of likely N-dealkylation sites (tertiary alicyclic amines) is 1. The van der Waals surface area contributed by atoms with Crippen molar-refractivity contribution in [1.82, 2.24) is 40.0 Å². The molecule has 1 saturated carbocycles. The second-order valence-electron chi connectivity index (χ2n) is 22.4. The first-order valence-corrected chi connectivity index (χ1v) is 29.4. The lowest BCUT2D eigenvalue weighted by Crippen LogP contribution is -2.46. The fraction of sp³-hybridized carbons (Fsp3) is 0.476. The van der Waals surface area contributed by atoms with E-state index in [1.165, 1.54) is 11.5 Å². The zero-order valence-electron chi connectivity index (χ0n) is 47.8. The minimum Gasteiger partial charge on any atom is -0.508 e. The van der Waals surface area contributed by atoms with Gasteiger partial charge in [0, 0.05) is 130 Å². The van der Waals surface area contributed by atoms with Gasteiger partial charge in [0.1, 0.15) is 35.5 Å². The summed E-state index contributed by atoms with van der Waals surface area (Å²) in [5.41, 5.74) is 6.05. The van der Waals surface area contributed by atoms with Crippen LogP contribution < -0.4 is 39.5 Å². The first-order chi connectivity index (χ1) is 40.0. The van der Waals surface area contributed by atoms with Crippen LogP contribution in [0, 0.1) is 5.92 Å². The van der Waals surface area contributed by atoms with Crippen LogP contribution in [0.25, 0.3) is 21.5 Å². The van der Waals surface area contributed by atoms with Crippen molar-refractivity contribution in [2.75, 3.05) is 125 Å². The first-order valence-electron chi connectivity index (χ1n) is 29.4. The van der Waals surface area contributed by atoms with Gasteiger partial charge >= 0.3 is 12.0 Å². The number of nitrogens with zero attached hydrogens (tertiary/aromatic N) is 10. The van der Waals surface area contributed by atoms with E-state index in [0.717, 1.165) is 146 Å². The van der Waals surface area contributed by atoms with Crippen molar-refractivity contribution in [3.8, 4) is 23.5 Å². The molecule has 6 heterocycles. The number of aliphatic hydroxyl groups is 1. The highest BCUT2D eigenvalue weighted by Gasteiger charge is 2.46. The first kappa shape index (κ1) is 56.6. The summed E-state index contributed by atoms with van der Waals surface area (Å²) >= 11 is 0. The Hall–Kier alpha value is -7.29. The minimum atomic E-state index is -0.737. The van der Waals surface area contributed by atoms with Gasteiger partial charge in [0.2, 0.25) is 5.91 Å². The number of aromatic nitrogens is 4. The van der Waals surface area contributed by atoms with Gasteiger partial charge < -0.3 is 54.5 Å². The number of carbonyl (C=O) groups excluding carboxylic acids is 1. The number of amides is 1. The maximum absolute atomic E-state index is 11.9. The fourth-order valence-electron chi connectivity index (χ4n) is 12.5. The molecule has 434 valence electrons. The van der Waals surface area contributed by atoms with Gasteiger partial charge in [0.15, 0.2) is 0 Å². The van der Waals surface area contributed by atoms with E-state index >= 15 is 0 Å². The van der Waals surface area contributed by atoms with Gasteiger partial charge in [-0.25, -0.2) is 0 Å². The Bertz CT molecular complexity index is 3230. The summed E-state index contributed by atoms with van der Waals surface area (Å²) in [7, 11) is 2.07. The number of benzene rings is 4. The van der Waals surface area contributed by atoms with E-state index in [1.807, 2.05) is 29.2 Å². The van der Waals surface area contributed by atoms with Crippen molar-refractivity contribution in [2.45, 2.75) is 83.5 Å². The minimum absolute atomic E-state index is 0.0250. The standard InChI is InChI=1S/C63H80N12O7/c1-6-58(77)64-21-22-65-60-50-19-25-73(54-34-46(76)32-44-14-9-11-16-48(44)54)39-52(50)66-62(68-60)81-41-43-18-24-72(38-43)56-36-57(56)82-47-33-45-15-10-12-17-49(45)55(35-47)74-26-20-51-53(40-74)67-63(80-29-13-23-71-27-30-79-31-28-71)69-61(51)70(5)37-42(4)75(8-3)59(78)7-2/h6-7,9-12,14-17,32-35,42-43,56-57,59,76,78H,1-2,8,13,18-31,36-41H2,3-5H3,(H,64,77)(H,65,66,68)/t42-,43?,56?,57?,59?/m0/s1. The van der Waals surface area contributed by atoms with E-state index in [2.05, 4.69) is 112 Å². The molecule has 2 aromatic heterocycles. The average molecular weight is 1120 g/mol. The topological polar surface area (TPSA) is 190 Å². The van der Waals surface area contributed by atoms with E-state index in [-0.39, 0.29) is 23.8 Å². The second kappa shape index (κ2) is 25.9. The summed E-state index contributed by atoms with van der Waals surface area (Å²) < 4.78 is 25.4. The summed E-state index contributed by atoms with van der Waals surface area (Å²) in [5.74, 6) is 2.74. The number of hydrogen-bond donors (Lipinski definition) is 4. The molecule has 0 bridgehead atoms. The molecule has 19 heteroatoms. The maximum Gasteiger partial charge on any atom is 0.318 e. The van der Waals surface area contributed by atoms with E-state index in [9.17, 15) is 15.0 Å². The monoisotopic (exact) mass is 1120 g/mol. The van der Waals surface area contributed by atoms with Gasteiger partial charge in [0.05, 0.1) is 56.9 Å². The number of anilines is 4. The lowest BCUT2D eigenvalue weighted by molar-refractivity contribution is -0.116. The number of likely N-dealkylation sites (N-methyl/N-ethyl adjacent to an activating group) is 2. The van der Waals surface area contributed by atoms with Crippen molar-refractivity contribution >= 4 is 50.5 Å². The molecule has 0 spiro atoms. The number of morpholine rings is 1. The van der Waals surface area contributed by atoms with Crippen LogP contribution in [0.3, 0.4) is 0 Å². The third kappa shape index (κ3) is 13.1. The van der Waals surface area contributed by atoms with Crippen LogP contribution in [0.15, 0.2) is 98.1 Å². The van der Waals surface area contributed by atoms with Crippen molar-refractivity contribution in [2.24, 2.45) is 5.92 Å². The largest absolute Gasteiger partial charge is 0.508 e. The summed E-state index contributed by atoms with van der Waals surface area (Å²) in [4.78, 5) is 45.9. The van der Waals surface area contributed by atoms with Gasteiger partial charge in [0.25, 0.3) is 0 Å². The quantitative estimate of drug-likeness (QED) is 0.0203. The number of nitrogens with one attached hydrogen (secondary N) is 2. The molecule has 1 amide bonds. The van der Waals surface area contributed by atoms with Crippen LogP contribution in [0.5, 0.6) is 23.5 Å². The lowest BCUT2D eigenvalue weighted by atomic mass is 10.0. The molecule has 11 rings (SSSR count). The summed E-state index contributed by atoms with van der Waals surface area (Å²) in [6, 6.07) is 25.7. The van der Waals surface area contributed by atoms with Gasteiger partial charge in [-0.15, -0.1) is 0 Å². The number of rotatable bonds is 25. The van der Waals surface area contributed by atoms with Gasteiger partial charge in [-0.1, -0.05) is 68.6 Å². The van der Waals surface area contributed by atoms with Gasteiger partial charge in [-0.2, -0.15) is 19.9 Å². The predicted molar refractivity (Wildman–Crippen MR) is 322 cm³/mol. The zero-order valence-corrected chi connectivity index (χ0v) is 47.8. The fourth-order valence-corrected chi connectivity index (χ4v) is 12.5. The Morgan fingerprint density at radius 3 is 2.29 bits per heavy atom. The predicted octanol–water partition coefficient (Wildman–Crippen LogP) is 6.79. The summed E-state index contributed by atoms with van der Waals surface area (Å²) in [5, 5.41) is 32.1. The highest BCUT2D eigenvalue weighted by Crippen LogP contribution is 2.41. The number of phenols is 1. The lowest BCUT2D eigenvalue weighted by Gasteiger charge is -2.36. The van der Waals surface area contributed by atoms with Crippen LogP contribution >= 0.6 is 0 Å². The molecule has 3 fully saturated rings. The number of hydrogen-bond acceptors (Lipinski definition) is 18. The molecule has 5 aliphatic rings. The molecule has 4 aliphatic heterocycles. The van der Waals surface area contributed by atoms with Gasteiger partial charge in [-0.3, -0.25) is 19.5 Å². The Morgan fingerprint density at radius 1 is 0.866 bits per heavy atom. The van der Waals surface area contributed by atoms with E-state index < -0.39 is 6.23 Å². The Balaban J connectivity index is 0.752. The smallest absolute Gasteiger partial charge is 0.318 e. The molecule has 19 nitrogen and oxygen atoms in total. The zero-order chi connectivity index (χ0) is 56.7. The molecule has 4 aromatic carbocycles. The normalized spacial score (nSPS) is 19.8. The highest BCUT2D eigenvalue weighted by atomic mass is 16.5. The number of phenolic OH excluding ortho intramolecular Hbond substituents is 1. The molecule has 5 atom stereocenters. The molecule has 82 heavy (non-hydrogen) atoms. The van der Waals surface area contributed by atoms with E-state index in [1.54, 1.807) is 12.1 Å². The maximum atomic E-state index is 11.9. The number of ether oxygens (including phenoxy) is 4. The van der Waals surface area contributed by atoms with Crippen LogP contribution in [-0.4, -0.2) is 181 Å². The van der Waals surface area contributed by atoms with Crippen LogP contribution in [0.2, 0.25) is 0 Å². The molecule has 4 unspecified atom stereocenters. The average Bonchev–Trinajstić information content (AvgIpc) is 4.24. The molecular formula is C63H80N12O7. The molecule has 0 radical (unpaired) electrons. The Morgan fingerprint density at radius 2 is 1.56 bits per heavy atom. The third-order valence-corrected chi connectivity index (χ3v) is 16.8. The van der Waals surface area contributed by atoms with E-state index in [4.69, 9.17) is 38.9 Å². The van der Waals surface area contributed by atoms with Crippen molar-refractivity contribution in [1.29, 1.82) is 0 Å². The van der Waals surface area contributed by atoms with Gasteiger partial charge in [-0.05, 0) is 80.8 Å². The Labute approximate surface area is 481 Å². The van der Waals surface area contributed by atoms with Crippen molar-refractivity contribution in [3.05, 3.63) is 121 Å². The SMILES string of the molecule is C=CC(=O)NCCNc1nc(OCC2CCN(C3CC3Oc3cc(N4CCc5c(nc(OCCCN6CCOCC6)nc5N(C)C[C@H](C)N(CC)C(O)C=C)C4)c4ccccc4c3)C2)nc2c1CCN(c1cc(O)cc3ccccc13)C2.